The van der Waals surface area contributed by atoms with E-state index in [1.54, 1.807) is 0 Å². The van der Waals surface area contributed by atoms with Gasteiger partial charge in [-0.1, -0.05) is 0 Å². The van der Waals surface area contributed by atoms with Crippen LogP contribution in [0.3, 0.4) is 0 Å². The number of carbonyl (C=O) groups excluding carboxylic acids is 1. The zero-order valence-electron chi connectivity index (χ0n) is 7.90. The maximum absolute atomic E-state index is 12.0. The number of carbonyl (C=O) groups is 1. The summed E-state index contributed by atoms with van der Waals surface area (Å²) in [7, 11) is -3.38. The molecule has 80 valence electrons. The fraction of sp³-hybridized carbons (Fsp3) is 0.875. The van der Waals surface area contributed by atoms with E-state index in [4.69, 9.17) is 0 Å². The van der Waals surface area contributed by atoms with E-state index in [1.165, 1.54) is 4.31 Å². The molecule has 14 heavy (non-hydrogen) atoms. The summed E-state index contributed by atoms with van der Waals surface area (Å²) in [5, 5.41) is 3.08. The van der Waals surface area contributed by atoms with Crippen LogP contribution >= 0.6 is 0 Å². The standard InChI is InChI=1S/C8H14N2O3S/c11-7-8(1-2-8)14(12,13)10-5-3-9-4-6-10/h7,9H,1-6H2. The first-order chi connectivity index (χ1) is 6.62. The van der Waals surface area contributed by atoms with Gasteiger partial charge in [0.2, 0.25) is 10.0 Å². The van der Waals surface area contributed by atoms with E-state index < -0.39 is 14.8 Å². The Morgan fingerprint density at radius 2 is 1.79 bits per heavy atom. The predicted molar refractivity (Wildman–Crippen MR) is 51.4 cm³/mol. The molecule has 0 aromatic rings. The maximum Gasteiger partial charge on any atom is 0.226 e. The Labute approximate surface area is 83.5 Å². The van der Waals surface area contributed by atoms with Gasteiger partial charge in [0.1, 0.15) is 11.0 Å². The van der Waals surface area contributed by atoms with E-state index >= 15 is 0 Å². The van der Waals surface area contributed by atoms with E-state index in [-0.39, 0.29) is 0 Å². The van der Waals surface area contributed by atoms with Crippen LogP contribution in [0.2, 0.25) is 0 Å². The van der Waals surface area contributed by atoms with E-state index in [1.807, 2.05) is 0 Å². The van der Waals surface area contributed by atoms with Gasteiger partial charge in [-0.05, 0) is 12.8 Å². The monoisotopic (exact) mass is 218 g/mol. The normalized spacial score (nSPS) is 27.1. The molecule has 1 N–H and O–H groups in total. The van der Waals surface area contributed by atoms with Gasteiger partial charge in [0.05, 0.1) is 0 Å². The molecule has 0 bridgehead atoms. The predicted octanol–water partition coefficient (Wildman–Crippen LogP) is -1.05. The van der Waals surface area contributed by atoms with E-state index in [0.29, 0.717) is 45.3 Å². The number of piperazine rings is 1. The van der Waals surface area contributed by atoms with Crippen LogP contribution in [0.15, 0.2) is 0 Å². The SMILES string of the molecule is O=CC1(S(=O)(=O)N2CCNCC2)CC1. The van der Waals surface area contributed by atoms with E-state index in [2.05, 4.69) is 5.32 Å². The first-order valence-electron chi connectivity index (χ1n) is 4.79. The third-order valence-electron chi connectivity index (χ3n) is 2.89. The number of sulfonamides is 1. The van der Waals surface area contributed by atoms with Crippen molar-refractivity contribution in [2.24, 2.45) is 0 Å². The molecule has 2 rings (SSSR count). The van der Waals surface area contributed by atoms with Gasteiger partial charge in [-0.2, -0.15) is 4.31 Å². The second-order valence-electron chi connectivity index (χ2n) is 3.84. The number of nitrogens with one attached hydrogen (secondary N) is 1. The van der Waals surface area contributed by atoms with Crippen molar-refractivity contribution in [2.45, 2.75) is 17.6 Å². The van der Waals surface area contributed by atoms with Gasteiger partial charge in [-0.25, -0.2) is 8.42 Å². The highest BCUT2D eigenvalue weighted by atomic mass is 32.2. The Morgan fingerprint density at radius 1 is 1.21 bits per heavy atom. The van der Waals surface area contributed by atoms with Crippen LogP contribution in [0.4, 0.5) is 0 Å². The van der Waals surface area contributed by atoms with Crippen LogP contribution in [-0.4, -0.2) is 49.9 Å². The molecular weight excluding hydrogens is 204 g/mol. The van der Waals surface area contributed by atoms with Crippen molar-refractivity contribution in [1.29, 1.82) is 0 Å². The zero-order valence-corrected chi connectivity index (χ0v) is 8.72. The van der Waals surface area contributed by atoms with Crippen LogP contribution in [0.25, 0.3) is 0 Å². The van der Waals surface area contributed by atoms with Crippen molar-refractivity contribution in [2.75, 3.05) is 26.2 Å². The first-order valence-corrected chi connectivity index (χ1v) is 6.23. The topological polar surface area (TPSA) is 66.5 Å². The van der Waals surface area contributed by atoms with Crippen molar-refractivity contribution in [3.05, 3.63) is 0 Å². The van der Waals surface area contributed by atoms with Gasteiger partial charge in [0.15, 0.2) is 0 Å². The fourth-order valence-corrected chi connectivity index (χ4v) is 3.62. The minimum absolute atomic E-state index is 0.484. The summed E-state index contributed by atoms with van der Waals surface area (Å²) in [5.41, 5.74) is 0. The second-order valence-corrected chi connectivity index (χ2v) is 6.12. The number of rotatable bonds is 3. The summed E-state index contributed by atoms with van der Waals surface area (Å²) >= 11 is 0. The smallest absolute Gasteiger partial charge is 0.226 e. The molecule has 1 aliphatic heterocycles. The Balaban J connectivity index is 2.19. The molecule has 1 aliphatic carbocycles. The lowest BCUT2D eigenvalue weighted by atomic mass is 10.4. The summed E-state index contributed by atoms with van der Waals surface area (Å²) in [6.07, 6.45) is 1.58. The zero-order chi connectivity index (χ0) is 10.2. The lowest BCUT2D eigenvalue weighted by Gasteiger charge is -2.28. The maximum atomic E-state index is 12.0. The highest BCUT2D eigenvalue weighted by Gasteiger charge is 2.57. The number of hydrogen-bond donors (Lipinski definition) is 1. The van der Waals surface area contributed by atoms with Crippen molar-refractivity contribution in [3.63, 3.8) is 0 Å². The van der Waals surface area contributed by atoms with Gasteiger partial charge >= 0.3 is 0 Å². The molecule has 1 saturated heterocycles. The molecule has 0 atom stereocenters. The van der Waals surface area contributed by atoms with Crippen molar-refractivity contribution >= 4 is 16.3 Å². The minimum atomic E-state index is -3.38. The third kappa shape index (κ3) is 1.37. The lowest BCUT2D eigenvalue weighted by Crippen LogP contribution is -2.50. The number of nitrogens with zero attached hydrogens (tertiary/aromatic N) is 1. The summed E-state index contributed by atoms with van der Waals surface area (Å²) in [6.45, 7) is 2.32. The van der Waals surface area contributed by atoms with Crippen LogP contribution in [-0.2, 0) is 14.8 Å². The van der Waals surface area contributed by atoms with Crippen molar-refractivity contribution in [1.82, 2.24) is 9.62 Å². The van der Waals surface area contributed by atoms with Gasteiger partial charge in [0, 0.05) is 26.2 Å². The van der Waals surface area contributed by atoms with E-state index in [0.717, 1.165) is 0 Å². The molecule has 0 radical (unpaired) electrons. The second kappa shape index (κ2) is 3.29. The van der Waals surface area contributed by atoms with Gasteiger partial charge < -0.3 is 10.1 Å². The largest absolute Gasteiger partial charge is 0.314 e. The Hall–Kier alpha value is -0.460. The molecule has 2 fully saturated rings. The first kappa shape index (κ1) is 10.1. The number of hydrogen-bond acceptors (Lipinski definition) is 4. The number of aldehydes is 1. The summed E-state index contributed by atoms with van der Waals surface area (Å²) in [6, 6.07) is 0. The average molecular weight is 218 g/mol. The average Bonchev–Trinajstić information content (AvgIpc) is 3.00. The molecule has 1 saturated carbocycles. The van der Waals surface area contributed by atoms with Crippen LogP contribution < -0.4 is 5.32 Å². The third-order valence-corrected chi connectivity index (χ3v) is 5.46. The summed E-state index contributed by atoms with van der Waals surface area (Å²) in [4.78, 5) is 10.8. The molecule has 1 heterocycles. The van der Waals surface area contributed by atoms with Crippen molar-refractivity contribution in [3.8, 4) is 0 Å². The molecule has 5 nitrogen and oxygen atoms in total. The Bertz CT molecular complexity index is 328. The molecule has 0 unspecified atom stereocenters. The van der Waals surface area contributed by atoms with Crippen LogP contribution in [0, 0.1) is 0 Å². The molecule has 0 aromatic heterocycles. The molecule has 0 amide bonds. The van der Waals surface area contributed by atoms with Crippen molar-refractivity contribution < 1.29 is 13.2 Å². The molecule has 0 spiro atoms. The molecule has 0 aromatic carbocycles. The van der Waals surface area contributed by atoms with Gasteiger partial charge in [0.25, 0.3) is 0 Å². The summed E-state index contributed by atoms with van der Waals surface area (Å²) < 4.78 is 24.3. The highest BCUT2D eigenvalue weighted by Crippen LogP contribution is 2.43. The quantitative estimate of drug-likeness (QED) is 0.614. The fourth-order valence-electron chi connectivity index (χ4n) is 1.70. The van der Waals surface area contributed by atoms with E-state index in [9.17, 15) is 13.2 Å². The molecule has 6 heteroatoms. The van der Waals surface area contributed by atoms with Crippen LogP contribution in [0.1, 0.15) is 12.8 Å². The van der Waals surface area contributed by atoms with Gasteiger partial charge in [-0.3, -0.25) is 0 Å². The molecular formula is C8H14N2O3S. The Kier molecular flexibility index (Phi) is 2.36. The molecule has 2 aliphatic rings. The Morgan fingerprint density at radius 3 is 2.21 bits per heavy atom. The summed E-state index contributed by atoms with van der Waals surface area (Å²) in [5.74, 6) is 0. The highest BCUT2D eigenvalue weighted by molar-refractivity contribution is 7.91. The lowest BCUT2D eigenvalue weighted by molar-refractivity contribution is -0.108. The van der Waals surface area contributed by atoms with Gasteiger partial charge in [-0.15, -0.1) is 0 Å². The minimum Gasteiger partial charge on any atom is -0.314 e. The van der Waals surface area contributed by atoms with Crippen LogP contribution in [0.5, 0.6) is 0 Å².